The third-order valence-corrected chi connectivity index (χ3v) is 5.80. The molecule has 0 aliphatic heterocycles. The van der Waals surface area contributed by atoms with Crippen molar-refractivity contribution in [3.63, 3.8) is 0 Å². The van der Waals surface area contributed by atoms with Crippen molar-refractivity contribution in [2.75, 3.05) is 17.2 Å². The number of hydrogen-bond donors (Lipinski definition) is 2. The lowest BCUT2D eigenvalue weighted by Gasteiger charge is -2.17. The van der Waals surface area contributed by atoms with Gasteiger partial charge in [-0.2, -0.15) is 5.26 Å². The van der Waals surface area contributed by atoms with Gasteiger partial charge in [-0.1, -0.05) is 13.0 Å². The second-order valence-corrected chi connectivity index (χ2v) is 8.16. The average Bonchev–Trinajstić information content (AvgIpc) is 3.01. The monoisotopic (exact) mass is 411 g/mol. The van der Waals surface area contributed by atoms with E-state index in [0.29, 0.717) is 22.2 Å². The molecule has 0 saturated carbocycles. The van der Waals surface area contributed by atoms with Crippen LogP contribution in [0.15, 0.2) is 24.3 Å². The number of nitriles is 1. The molecule has 7 nitrogen and oxygen atoms in total. The highest BCUT2D eigenvalue weighted by Crippen LogP contribution is 2.39. The smallest absolute Gasteiger partial charge is 0.338 e. The molecular weight excluding hydrogens is 390 g/mol. The Hall–Kier alpha value is -3.18. The van der Waals surface area contributed by atoms with Crippen molar-refractivity contribution in [2.24, 2.45) is 5.92 Å². The van der Waals surface area contributed by atoms with Crippen LogP contribution in [0.25, 0.3) is 0 Å². The Morgan fingerprint density at radius 3 is 2.83 bits per heavy atom. The van der Waals surface area contributed by atoms with Gasteiger partial charge in [0, 0.05) is 17.5 Å². The Morgan fingerprint density at radius 2 is 2.10 bits per heavy atom. The Bertz CT molecular complexity index is 1010. The van der Waals surface area contributed by atoms with Gasteiger partial charge < -0.3 is 15.4 Å². The zero-order valence-corrected chi connectivity index (χ0v) is 17.0. The van der Waals surface area contributed by atoms with Gasteiger partial charge in [0.1, 0.15) is 11.1 Å². The molecule has 2 amide bonds. The number of esters is 1. The van der Waals surface area contributed by atoms with Crippen molar-refractivity contribution >= 4 is 39.8 Å². The minimum Gasteiger partial charge on any atom is -0.452 e. The zero-order valence-electron chi connectivity index (χ0n) is 16.2. The Balaban J connectivity index is 1.61. The molecule has 0 spiro atoms. The second kappa shape index (κ2) is 8.88. The second-order valence-electron chi connectivity index (χ2n) is 7.05. The van der Waals surface area contributed by atoms with Crippen LogP contribution >= 0.6 is 11.3 Å². The minimum atomic E-state index is -0.674. The van der Waals surface area contributed by atoms with Crippen molar-refractivity contribution in [1.82, 2.24) is 0 Å². The number of nitrogens with zero attached hydrogens (tertiary/aromatic N) is 1. The number of carbonyl (C=O) groups excluding carboxylic acids is 3. The molecule has 0 saturated heterocycles. The number of benzene rings is 1. The summed E-state index contributed by atoms with van der Waals surface area (Å²) in [7, 11) is 0. The molecule has 0 fully saturated rings. The maximum absolute atomic E-state index is 12.3. The van der Waals surface area contributed by atoms with Crippen molar-refractivity contribution in [3.05, 3.63) is 45.8 Å². The quantitative estimate of drug-likeness (QED) is 0.732. The number of thiophene rings is 1. The van der Waals surface area contributed by atoms with Crippen LogP contribution in [0.2, 0.25) is 0 Å². The molecule has 1 aliphatic rings. The third kappa shape index (κ3) is 5.00. The highest BCUT2D eigenvalue weighted by molar-refractivity contribution is 7.16. The zero-order chi connectivity index (χ0) is 21.0. The van der Waals surface area contributed by atoms with Crippen molar-refractivity contribution < 1.29 is 19.1 Å². The van der Waals surface area contributed by atoms with Crippen LogP contribution in [-0.4, -0.2) is 24.4 Å². The molecule has 0 bridgehead atoms. The number of hydrogen-bond acceptors (Lipinski definition) is 6. The highest BCUT2D eigenvalue weighted by atomic mass is 32.1. The minimum absolute atomic E-state index is 0.224. The number of anilines is 2. The van der Waals surface area contributed by atoms with E-state index in [1.54, 1.807) is 12.1 Å². The molecule has 0 unspecified atom stereocenters. The molecule has 2 aromatic rings. The van der Waals surface area contributed by atoms with Crippen LogP contribution < -0.4 is 10.6 Å². The lowest BCUT2D eigenvalue weighted by molar-refractivity contribution is -0.119. The molecule has 3 rings (SSSR count). The van der Waals surface area contributed by atoms with Crippen molar-refractivity contribution in [3.8, 4) is 6.07 Å². The van der Waals surface area contributed by atoms with E-state index in [4.69, 9.17) is 4.74 Å². The first-order chi connectivity index (χ1) is 13.9. The Labute approximate surface area is 172 Å². The number of nitrogens with one attached hydrogen (secondary N) is 2. The van der Waals surface area contributed by atoms with Crippen LogP contribution in [0.4, 0.5) is 10.7 Å². The summed E-state index contributed by atoms with van der Waals surface area (Å²) in [4.78, 5) is 36.7. The normalized spacial score (nSPS) is 15.0. The Morgan fingerprint density at radius 1 is 1.31 bits per heavy atom. The fourth-order valence-corrected chi connectivity index (χ4v) is 4.64. The van der Waals surface area contributed by atoms with Crippen LogP contribution in [0.3, 0.4) is 0 Å². The first-order valence-electron chi connectivity index (χ1n) is 9.26. The van der Waals surface area contributed by atoms with Gasteiger partial charge in [-0.3, -0.25) is 9.59 Å². The molecule has 29 heavy (non-hydrogen) atoms. The number of amides is 2. The fourth-order valence-electron chi connectivity index (χ4n) is 3.26. The van der Waals surface area contributed by atoms with E-state index in [1.807, 2.05) is 0 Å². The summed E-state index contributed by atoms with van der Waals surface area (Å²) in [5.41, 5.74) is 2.23. The molecular formula is C21H21N3O4S. The average molecular weight is 411 g/mol. The summed E-state index contributed by atoms with van der Waals surface area (Å²) in [6.07, 6.45) is 2.77. The standard InChI is InChI=1S/C21H21N3O4S/c1-12-6-7-16-17(10-22)20(29-18(16)8-12)24-19(26)11-28-21(27)14-4-3-5-15(9-14)23-13(2)25/h3-5,9,12H,6-8,11H2,1-2H3,(H,23,25)(H,24,26)/t12-/m0/s1. The van der Waals surface area contributed by atoms with Crippen LogP contribution in [-0.2, 0) is 27.2 Å². The van der Waals surface area contributed by atoms with E-state index in [0.717, 1.165) is 29.7 Å². The maximum atomic E-state index is 12.3. The third-order valence-electron chi connectivity index (χ3n) is 4.63. The molecule has 2 N–H and O–H groups in total. The highest BCUT2D eigenvalue weighted by Gasteiger charge is 2.24. The summed E-state index contributed by atoms with van der Waals surface area (Å²) in [6.45, 7) is 3.08. The number of ether oxygens (including phenoxy) is 1. The van der Waals surface area contributed by atoms with Gasteiger partial charge in [0.05, 0.1) is 11.1 Å². The number of fused-ring (bicyclic) bond motifs is 1. The first kappa shape index (κ1) is 20.6. The van der Waals surface area contributed by atoms with Gasteiger partial charge in [-0.15, -0.1) is 11.3 Å². The van der Waals surface area contributed by atoms with E-state index in [2.05, 4.69) is 23.6 Å². The van der Waals surface area contributed by atoms with Crippen LogP contribution in [0.5, 0.6) is 0 Å². The van der Waals surface area contributed by atoms with Crippen LogP contribution in [0, 0.1) is 17.2 Å². The number of carbonyl (C=O) groups is 3. The molecule has 1 aromatic heterocycles. The summed E-state index contributed by atoms with van der Waals surface area (Å²) in [5.74, 6) is -0.867. The molecule has 1 aromatic carbocycles. The first-order valence-corrected chi connectivity index (χ1v) is 10.1. The van der Waals surface area contributed by atoms with Gasteiger partial charge >= 0.3 is 5.97 Å². The molecule has 150 valence electrons. The fraction of sp³-hybridized carbons (Fsp3) is 0.333. The van der Waals surface area contributed by atoms with Gasteiger partial charge in [0.2, 0.25) is 5.91 Å². The van der Waals surface area contributed by atoms with E-state index in [9.17, 15) is 19.6 Å². The predicted octanol–water partition coefficient (Wildman–Crippen LogP) is 3.50. The van der Waals surface area contributed by atoms with Crippen LogP contribution in [0.1, 0.15) is 46.6 Å². The van der Waals surface area contributed by atoms with Gasteiger partial charge in [-0.05, 0) is 48.9 Å². The van der Waals surface area contributed by atoms with E-state index in [-0.39, 0.29) is 11.5 Å². The molecule has 1 heterocycles. The van der Waals surface area contributed by atoms with Crippen molar-refractivity contribution in [1.29, 1.82) is 5.26 Å². The Kier molecular flexibility index (Phi) is 6.29. The van der Waals surface area contributed by atoms with E-state index < -0.39 is 18.5 Å². The molecule has 1 atom stereocenters. The molecule has 0 radical (unpaired) electrons. The van der Waals surface area contributed by atoms with Gasteiger partial charge in [0.25, 0.3) is 5.91 Å². The SMILES string of the molecule is CC(=O)Nc1cccc(C(=O)OCC(=O)Nc2sc3c(c2C#N)CC[C@H](C)C3)c1. The maximum Gasteiger partial charge on any atom is 0.338 e. The van der Waals surface area contributed by atoms with Crippen molar-refractivity contribution in [2.45, 2.75) is 33.1 Å². The number of rotatable bonds is 5. The summed E-state index contributed by atoms with van der Waals surface area (Å²) in [5, 5.41) is 15.3. The van der Waals surface area contributed by atoms with Gasteiger partial charge in [0.15, 0.2) is 6.61 Å². The predicted molar refractivity (Wildman–Crippen MR) is 110 cm³/mol. The summed E-state index contributed by atoms with van der Waals surface area (Å²) >= 11 is 1.42. The molecule has 1 aliphatic carbocycles. The molecule has 8 heteroatoms. The topological polar surface area (TPSA) is 108 Å². The van der Waals surface area contributed by atoms with E-state index in [1.165, 1.54) is 30.4 Å². The van der Waals surface area contributed by atoms with E-state index >= 15 is 0 Å². The van der Waals surface area contributed by atoms with Gasteiger partial charge in [-0.25, -0.2) is 4.79 Å². The summed E-state index contributed by atoms with van der Waals surface area (Å²) < 4.78 is 5.07. The summed E-state index contributed by atoms with van der Waals surface area (Å²) in [6, 6.07) is 8.46. The lowest BCUT2D eigenvalue weighted by atomic mass is 9.89. The largest absolute Gasteiger partial charge is 0.452 e. The lowest BCUT2D eigenvalue weighted by Crippen LogP contribution is -2.21.